The smallest absolute Gasteiger partial charge is 0.349 e. The molecule has 0 bridgehead atoms. The Kier molecular flexibility index (Phi) is 5.39. The summed E-state index contributed by atoms with van der Waals surface area (Å²) < 4.78 is 5.27. The minimum Gasteiger partial charge on any atom is -0.448 e. The van der Waals surface area contributed by atoms with E-state index >= 15 is 0 Å². The monoisotopic (exact) mass is 309 g/mol. The van der Waals surface area contributed by atoms with Gasteiger partial charge in [-0.05, 0) is 49.6 Å². The van der Waals surface area contributed by atoms with E-state index in [1.54, 1.807) is 6.92 Å². The first-order valence-electron chi connectivity index (χ1n) is 7.54. The van der Waals surface area contributed by atoms with Gasteiger partial charge in [-0.15, -0.1) is 11.3 Å². The molecule has 2 rings (SSSR count). The van der Waals surface area contributed by atoms with E-state index < -0.39 is 12.1 Å². The van der Waals surface area contributed by atoms with Gasteiger partial charge < -0.3 is 10.1 Å². The summed E-state index contributed by atoms with van der Waals surface area (Å²) in [6.45, 7) is 5.65. The minimum atomic E-state index is -0.756. The van der Waals surface area contributed by atoms with E-state index in [0.29, 0.717) is 10.8 Å². The topological polar surface area (TPSA) is 55.4 Å². The lowest BCUT2D eigenvalue weighted by Crippen LogP contribution is -2.45. The molecule has 0 saturated heterocycles. The van der Waals surface area contributed by atoms with Crippen molar-refractivity contribution >= 4 is 23.2 Å². The van der Waals surface area contributed by atoms with Gasteiger partial charge in [-0.3, -0.25) is 4.79 Å². The highest BCUT2D eigenvalue weighted by Crippen LogP contribution is 2.24. The second-order valence-electron chi connectivity index (χ2n) is 5.86. The first-order valence-corrected chi connectivity index (χ1v) is 8.42. The Morgan fingerprint density at radius 3 is 2.71 bits per heavy atom. The van der Waals surface area contributed by atoms with Crippen LogP contribution in [0.1, 0.15) is 54.8 Å². The molecule has 3 atom stereocenters. The normalized spacial score (nSPS) is 23.4. The first kappa shape index (κ1) is 16.0. The molecule has 1 aromatic heterocycles. The van der Waals surface area contributed by atoms with Gasteiger partial charge in [0.15, 0.2) is 6.10 Å². The summed E-state index contributed by atoms with van der Waals surface area (Å²) in [5, 5.41) is 4.87. The van der Waals surface area contributed by atoms with Crippen molar-refractivity contribution in [1.29, 1.82) is 0 Å². The van der Waals surface area contributed by atoms with Gasteiger partial charge in [0.1, 0.15) is 4.88 Å². The molecule has 0 spiro atoms. The minimum absolute atomic E-state index is 0.198. The lowest BCUT2D eigenvalue weighted by Gasteiger charge is -2.30. The summed E-state index contributed by atoms with van der Waals surface area (Å²) in [6.07, 6.45) is 3.78. The number of carbonyl (C=O) groups excluding carboxylic acids is 2. The number of aryl methyl sites for hydroxylation is 1. The molecule has 1 heterocycles. The van der Waals surface area contributed by atoms with E-state index in [1.807, 2.05) is 18.4 Å². The van der Waals surface area contributed by atoms with Gasteiger partial charge >= 0.3 is 5.97 Å². The average Bonchev–Trinajstić information content (AvgIpc) is 2.87. The lowest BCUT2D eigenvalue weighted by atomic mass is 9.86. The SMILES string of the molecule is Cc1ccsc1C(=O)O[C@H](C)C(=O)N[C@H]1CCCC[C@H]1C. The maximum atomic E-state index is 12.2. The van der Waals surface area contributed by atoms with Gasteiger partial charge in [0.2, 0.25) is 0 Å². The van der Waals surface area contributed by atoms with Crippen LogP contribution in [0.15, 0.2) is 11.4 Å². The van der Waals surface area contributed by atoms with E-state index in [9.17, 15) is 9.59 Å². The second-order valence-corrected chi connectivity index (χ2v) is 6.77. The summed E-state index contributed by atoms with van der Waals surface area (Å²) in [5.41, 5.74) is 0.888. The lowest BCUT2D eigenvalue weighted by molar-refractivity contribution is -0.130. The molecule has 21 heavy (non-hydrogen) atoms. The van der Waals surface area contributed by atoms with Crippen molar-refractivity contribution in [3.63, 3.8) is 0 Å². The predicted molar refractivity (Wildman–Crippen MR) is 83.5 cm³/mol. The highest BCUT2D eigenvalue weighted by atomic mass is 32.1. The molecule has 1 amide bonds. The molecule has 0 radical (unpaired) electrons. The molecule has 5 heteroatoms. The second kappa shape index (κ2) is 7.07. The molecule has 1 fully saturated rings. The van der Waals surface area contributed by atoms with Crippen LogP contribution in [0, 0.1) is 12.8 Å². The zero-order chi connectivity index (χ0) is 15.4. The standard InChI is InChI=1S/C16H23NO3S/c1-10-6-4-5-7-13(10)17-15(18)12(3)20-16(19)14-11(2)8-9-21-14/h8-10,12-13H,4-7H2,1-3H3,(H,17,18)/t10-,12-,13+/m1/s1. The first-order chi connectivity index (χ1) is 9.99. The fraction of sp³-hybridized carbons (Fsp3) is 0.625. The number of hydrogen-bond donors (Lipinski definition) is 1. The fourth-order valence-corrected chi connectivity index (χ4v) is 3.49. The van der Waals surface area contributed by atoms with Crippen LogP contribution in [0.25, 0.3) is 0 Å². The Morgan fingerprint density at radius 1 is 1.38 bits per heavy atom. The number of rotatable bonds is 4. The van der Waals surface area contributed by atoms with E-state index in [4.69, 9.17) is 4.74 Å². The van der Waals surface area contributed by atoms with Crippen LogP contribution >= 0.6 is 11.3 Å². The zero-order valence-corrected chi connectivity index (χ0v) is 13.7. The van der Waals surface area contributed by atoms with Crippen molar-refractivity contribution in [3.05, 3.63) is 21.9 Å². The Balaban J connectivity index is 1.87. The van der Waals surface area contributed by atoms with Crippen molar-refractivity contribution in [1.82, 2.24) is 5.32 Å². The third kappa shape index (κ3) is 4.06. The molecule has 1 aliphatic carbocycles. The van der Waals surface area contributed by atoms with Gasteiger partial charge in [-0.2, -0.15) is 0 Å². The van der Waals surface area contributed by atoms with Gasteiger partial charge in [-0.1, -0.05) is 19.8 Å². The zero-order valence-electron chi connectivity index (χ0n) is 12.8. The average molecular weight is 309 g/mol. The van der Waals surface area contributed by atoms with Crippen LogP contribution in [0.3, 0.4) is 0 Å². The highest BCUT2D eigenvalue weighted by molar-refractivity contribution is 7.12. The number of ether oxygens (including phenoxy) is 1. The molecule has 1 aliphatic rings. The summed E-state index contributed by atoms with van der Waals surface area (Å²) in [6, 6.07) is 2.08. The Hall–Kier alpha value is -1.36. The molecule has 1 saturated carbocycles. The van der Waals surface area contributed by atoms with Crippen LogP contribution < -0.4 is 5.32 Å². The molecule has 0 unspecified atom stereocenters. The predicted octanol–water partition coefficient (Wildman–Crippen LogP) is 3.30. The molecule has 1 aromatic rings. The number of thiophene rings is 1. The molecule has 1 N–H and O–H groups in total. The molecule has 116 valence electrons. The number of amides is 1. The maximum Gasteiger partial charge on any atom is 0.349 e. The number of nitrogens with one attached hydrogen (secondary N) is 1. The van der Waals surface area contributed by atoms with Crippen molar-refractivity contribution in [2.75, 3.05) is 0 Å². The number of esters is 1. The van der Waals surface area contributed by atoms with E-state index in [2.05, 4.69) is 12.2 Å². The van der Waals surface area contributed by atoms with Crippen molar-refractivity contribution in [2.45, 2.75) is 58.6 Å². The van der Waals surface area contributed by atoms with Crippen molar-refractivity contribution in [3.8, 4) is 0 Å². The Labute approximate surface area is 129 Å². The summed E-state index contributed by atoms with van der Waals surface area (Å²) in [5.74, 6) is -0.122. The summed E-state index contributed by atoms with van der Waals surface area (Å²) >= 11 is 1.34. The van der Waals surface area contributed by atoms with E-state index in [0.717, 1.165) is 24.8 Å². The number of hydrogen-bond acceptors (Lipinski definition) is 4. The van der Waals surface area contributed by atoms with Crippen LogP contribution in [0.4, 0.5) is 0 Å². The molecule has 4 nitrogen and oxygen atoms in total. The summed E-state index contributed by atoms with van der Waals surface area (Å²) in [4.78, 5) is 24.7. The molecular weight excluding hydrogens is 286 g/mol. The molecule has 0 aliphatic heterocycles. The van der Waals surface area contributed by atoms with Gasteiger partial charge in [0, 0.05) is 6.04 Å². The fourth-order valence-electron chi connectivity index (χ4n) is 2.68. The van der Waals surface area contributed by atoms with Crippen LogP contribution in [-0.2, 0) is 9.53 Å². The van der Waals surface area contributed by atoms with Gasteiger partial charge in [0.25, 0.3) is 5.91 Å². The Morgan fingerprint density at radius 2 is 2.10 bits per heavy atom. The molecule has 0 aromatic carbocycles. The molecular formula is C16H23NO3S. The van der Waals surface area contributed by atoms with E-state index in [-0.39, 0.29) is 11.9 Å². The van der Waals surface area contributed by atoms with Crippen LogP contribution in [-0.4, -0.2) is 24.0 Å². The number of carbonyl (C=O) groups is 2. The van der Waals surface area contributed by atoms with Gasteiger partial charge in [0.05, 0.1) is 0 Å². The Bertz CT molecular complexity index is 511. The van der Waals surface area contributed by atoms with Crippen LogP contribution in [0.5, 0.6) is 0 Å². The van der Waals surface area contributed by atoms with Crippen LogP contribution in [0.2, 0.25) is 0 Å². The third-order valence-corrected chi connectivity index (χ3v) is 5.14. The van der Waals surface area contributed by atoms with Crippen molar-refractivity contribution in [2.24, 2.45) is 5.92 Å². The third-order valence-electron chi connectivity index (χ3n) is 4.14. The highest BCUT2D eigenvalue weighted by Gasteiger charge is 2.26. The quantitative estimate of drug-likeness (QED) is 0.868. The van der Waals surface area contributed by atoms with E-state index in [1.165, 1.54) is 17.8 Å². The maximum absolute atomic E-state index is 12.2. The summed E-state index contributed by atoms with van der Waals surface area (Å²) in [7, 11) is 0. The largest absolute Gasteiger partial charge is 0.448 e. The van der Waals surface area contributed by atoms with Crippen molar-refractivity contribution < 1.29 is 14.3 Å². The van der Waals surface area contributed by atoms with Gasteiger partial charge in [-0.25, -0.2) is 4.79 Å².